The molecule has 0 aliphatic heterocycles. The zero-order valence-corrected chi connectivity index (χ0v) is 16.3. The van der Waals surface area contributed by atoms with Gasteiger partial charge in [0.2, 0.25) is 0 Å². The predicted octanol–water partition coefficient (Wildman–Crippen LogP) is 5.04. The van der Waals surface area contributed by atoms with Crippen LogP contribution in [0, 0.1) is 0 Å². The lowest BCUT2D eigenvalue weighted by Crippen LogP contribution is -2.23. The summed E-state index contributed by atoms with van der Waals surface area (Å²) in [6.45, 7) is 3.35. The molecule has 28 heavy (non-hydrogen) atoms. The molecule has 2 aromatic heterocycles. The number of nitrogens with zero attached hydrogens (tertiary/aromatic N) is 2. The maximum Gasteiger partial charge on any atom is 0.339 e. The Balaban J connectivity index is 1.81. The fourth-order valence-electron chi connectivity index (χ4n) is 3.01. The largest absolute Gasteiger partial charge is 0.451 e. The van der Waals surface area contributed by atoms with Crippen molar-refractivity contribution in [2.75, 3.05) is 0 Å². The Morgan fingerprint density at radius 1 is 1.04 bits per heavy atom. The van der Waals surface area contributed by atoms with Gasteiger partial charge in [0.25, 0.3) is 0 Å². The van der Waals surface area contributed by atoms with Gasteiger partial charge in [-0.3, -0.25) is 4.79 Å². The van der Waals surface area contributed by atoms with Gasteiger partial charge in [-0.2, -0.15) is 0 Å². The standard InChI is InChI=1S/C22H18N2O3S/c1-3-19(25)13(2)27-22(26)15-12-18(23-16-9-5-4-8-14(15)16)21-24-17-10-6-7-11-20(17)28-21/h4-13H,3H2,1-2H3. The molecule has 140 valence electrons. The van der Waals surface area contributed by atoms with Crippen molar-refractivity contribution < 1.29 is 14.3 Å². The molecule has 0 amide bonds. The van der Waals surface area contributed by atoms with E-state index in [0.717, 1.165) is 15.2 Å². The molecule has 1 atom stereocenters. The average molecular weight is 390 g/mol. The van der Waals surface area contributed by atoms with Crippen LogP contribution in [0.4, 0.5) is 0 Å². The van der Waals surface area contributed by atoms with Crippen LogP contribution in [-0.4, -0.2) is 27.8 Å². The van der Waals surface area contributed by atoms with E-state index in [0.29, 0.717) is 28.6 Å². The first-order chi connectivity index (χ1) is 13.6. The van der Waals surface area contributed by atoms with Crippen molar-refractivity contribution in [1.82, 2.24) is 9.97 Å². The van der Waals surface area contributed by atoms with E-state index in [2.05, 4.69) is 9.97 Å². The van der Waals surface area contributed by atoms with Crippen LogP contribution < -0.4 is 0 Å². The summed E-state index contributed by atoms with van der Waals surface area (Å²) in [5.74, 6) is -0.645. The van der Waals surface area contributed by atoms with Gasteiger partial charge < -0.3 is 4.74 Å². The number of esters is 1. The number of carbonyl (C=O) groups excluding carboxylic acids is 2. The molecular formula is C22H18N2O3S. The number of fused-ring (bicyclic) bond motifs is 2. The van der Waals surface area contributed by atoms with E-state index in [9.17, 15) is 9.59 Å². The highest BCUT2D eigenvalue weighted by atomic mass is 32.1. The summed E-state index contributed by atoms with van der Waals surface area (Å²) in [5.41, 5.74) is 2.57. The SMILES string of the molecule is CCC(=O)C(C)OC(=O)c1cc(-c2nc3ccccc3s2)nc2ccccc12. The third-order valence-electron chi connectivity index (χ3n) is 4.53. The molecule has 0 radical (unpaired) electrons. The Hall–Kier alpha value is -3.12. The third-order valence-corrected chi connectivity index (χ3v) is 5.59. The van der Waals surface area contributed by atoms with Crippen LogP contribution in [0.3, 0.4) is 0 Å². The number of ketones is 1. The van der Waals surface area contributed by atoms with E-state index in [-0.39, 0.29) is 5.78 Å². The number of ether oxygens (including phenoxy) is 1. The van der Waals surface area contributed by atoms with Gasteiger partial charge in [0.15, 0.2) is 11.9 Å². The highest BCUT2D eigenvalue weighted by Crippen LogP contribution is 2.31. The lowest BCUT2D eigenvalue weighted by Gasteiger charge is -2.13. The first-order valence-electron chi connectivity index (χ1n) is 9.06. The lowest BCUT2D eigenvalue weighted by atomic mass is 10.1. The second-order valence-corrected chi connectivity index (χ2v) is 7.46. The average Bonchev–Trinajstić information content (AvgIpc) is 3.16. The highest BCUT2D eigenvalue weighted by molar-refractivity contribution is 7.21. The number of thiazole rings is 1. The maximum atomic E-state index is 12.8. The van der Waals surface area contributed by atoms with Gasteiger partial charge in [-0.15, -0.1) is 11.3 Å². The zero-order chi connectivity index (χ0) is 19.7. The van der Waals surface area contributed by atoms with Crippen molar-refractivity contribution in [2.24, 2.45) is 0 Å². The normalized spacial score (nSPS) is 12.2. The first kappa shape index (κ1) is 18.3. The molecule has 0 fully saturated rings. The van der Waals surface area contributed by atoms with Crippen LogP contribution >= 0.6 is 11.3 Å². The van der Waals surface area contributed by atoms with Crippen LogP contribution in [0.25, 0.3) is 31.8 Å². The number of benzene rings is 2. The molecule has 5 nitrogen and oxygen atoms in total. The minimum Gasteiger partial charge on any atom is -0.451 e. The van der Waals surface area contributed by atoms with Gasteiger partial charge in [0.05, 0.1) is 21.3 Å². The van der Waals surface area contributed by atoms with Crippen LogP contribution in [0.2, 0.25) is 0 Å². The fraction of sp³-hybridized carbons (Fsp3) is 0.182. The van der Waals surface area contributed by atoms with Gasteiger partial charge in [-0.05, 0) is 31.2 Å². The molecule has 0 aliphatic rings. The summed E-state index contributed by atoms with van der Waals surface area (Å²) in [6.07, 6.45) is -0.460. The first-order valence-corrected chi connectivity index (χ1v) is 9.88. The lowest BCUT2D eigenvalue weighted by molar-refractivity contribution is -0.126. The molecule has 0 saturated carbocycles. The smallest absolute Gasteiger partial charge is 0.339 e. The third kappa shape index (κ3) is 3.39. The molecule has 4 rings (SSSR count). The Labute approximate surface area is 166 Å². The zero-order valence-electron chi connectivity index (χ0n) is 15.5. The van der Waals surface area contributed by atoms with Gasteiger partial charge in [-0.25, -0.2) is 14.8 Å². The quantitative estimate of drug-likeness (QED) is 0.447. The Bertz CT molecular complexity index is 1170. The van der Waals surface area contributed by atoms with Gasteiger partial charge >= 0.3 is 5.97 Å². The number of para-hydroxylation sites is 2. The summed E-state index contributed by atoms with van der Waals surface area (Å²) < 4.78 is 6.47. The second kappa shape index (κ2) is 7.48. The van der Waals surface area contributed by atoms with E-state index >= 15 is 0 Å². The minimum absolute atomic E-state index is 0.113. The molecule has 0 N–H and O–H groups in total. The van der Waals surface area contributed by atoms with Crippen LogP contribution in [0.15, 0.2) is 54.6 Å². The molecular weight excluding hydrogens is 372 g/mol. The van der Waals surface area contributed by atoms with Gasteiger partial charge in [0, 0.05) is 11.8 Å². The monoisotopic (exact) mass is 390 g/mol. The van der Waals surface area contributed by atoms with Crippen molar-refractivity contribution in [3.63, 3.8) is 0 Å². The van der Waals surface area contributed by atoms with Gasteiger partial charge in [-0.1, -0.05) is 37.3 Å². The minimum atomic E-state index is -0.782. The number of hydrogen-bond acceptors (Lipinski definition) is 6. The van der Waals surface area contributed by atoms with Crippen LogP contribution in [-0.2, 0) is 9.53 Å². The molecule has 2 heterocycles. The maximum absolute atomic E-state index is 12.8. The molecule has 1 unspecified atom stereocenters. The van der Waals surface area contributed by atoms with E-state index < -0.39 is 12.1 Å². The second-order valence-electron chi connectivity index (χ2n) is 6.43. The molecule has 0 aliphatic carbocycles. The highest BCUT2D eigenvalue weighted by Gasteiger charge is 2.21. The number of aromatic nitrogens is 2. The van der Waals surface area contributed by atoms with E-state index in [1.807, 2.05) is 48.5 Å². The van der Waals surface area contributed by atoms with Crippen molar-refractivity contribution in [2.45, 2.75) is 26.4 Å². The van der Waals surface area contributed by atoms with E-state index in [1.54, 1.807) is 19.9 Å². The number of hydrogen-bond donors (Lipinski definition) is 0. The fourth-order valence-corrected chi connectivity index (χ4v) is 3.94. The van der Waals surface area contributed by atoms with Crippen molar-refractivity contribution in [1.29, 1.82) is 0 Å². The summed E-state index contributed by atoms with van der Waals surface area (Å²) in [5, 5.41) is 1.42. The Morgan fingerprint density at radius 2 is 1.75 bits per heavy atom. The topological polar surface area (TPSA) is 69.2 Å². The molecule has 0 spiro atoms. The summed E-state index contributed by atoms with van der Waals surface area (Å²) in [6, 6.07) is 17.0. The Morgan fingerprint density at radius 3 is 2.50 bits per heavy atom. The van der Waals surface area contributed by atoms with E-state index in [1.165, 1.54) is 11.3 Å². The van der Waals surface area contributed by atoms with E-state index in [4.69, 9.17) is 4.74 Å². The summed E-state index contributed by atoms with van der Waals surface area (Å²) >= 11 is 1.52. The van der Waals surface area contributed by atoms with Gasteiger partial charge in [0.1, 0.15) is 10.7 Å². The number of pyridine rings is 1. The molecule has 0 saturated heterocycles. The van der Waals surface area contributed by atoms with Crippen LogP contribution in [0.1, 0.15) is 30.6 Å². The number of carbonyl (C=O) groups is 2. The van der Waals surface area contributed by atoms with Crippen molar-refractivity contribution in [3.05, 3.63) is 60.2 Å². The van der Waals surface area contributed by atoms with Crippen molar-refractivity contribution >= 4 is 44.2 Å². The number of rotatable bonds is 5. The molecule has 0 bridgehead atoms. The van der Waals surface area contributed by atoms with Crippen LogP contribution in [0.5, 0.6) is 0 Å². The predicted molar refractivity (Wildman–Crippen MR) is 111 cm³/mol. The summed E-state index contributed by atoms with van der Waals surface area (Å²) in [7, 11) is 0. The molecule has 6 heteroatoms. The molecule has 4 aromatic rings. The number of Topliss-reactive ketones (excluding diaryl/α,β-unsaturated/α-hetero) is 1. The Kier molecular flexibility index (Phi) is 4.88. The summed E-state index contributed by atoms with van der Waals surface area (Å²) in [4.78, 5) is 34.0. The van der Waals surface area contributed by atoms with Crippen molar-refractivity contribution in [3.8, 4) is 10.7 Å². The molecule has 2 aromatic carbocycles.